The number of rotatable bonds is 8. The molecule has 0 bridgehead atoms. The molecule has 0 saturated carbocycles. The summed E-state index contributed by atoms with van der Waals surface area (Å²) in [6, 6.07) is 7.81. The molecule has 8 nitrogen and oxygen atoms in total. The van der Waals surface area contributed by atoms with Gasteiger partial charge in [0.2, 0.25) is 5.88 Å². The molecular weight excluding hydrogens is 547 g/mol. The summed E-state index contributed by atoms with van der Waals surface area (Å²) >= 11 is 0. The highest BCUT2D eigenvalue weighted by atomic mass is 19.4. The number of carbonyl (C=O) groups is 2. The fourth-order valence-corrected chi connectivity index (χ4v) is 3.81. The van der Waals surface area contributed by atoms with Gasteiger partial charge in [-0.15, -0.1) is 0 Å². The van der Waals surface area contributed by atoms with Gasteiger partial charge < -0.3 is 15.4 Å². The molecule has 4 aromatic rings. The van der Waals surface area contributed by atoms with Gasteiger partial charge in [-0.2, -0.15) is 18.3 Å². The van der Waals surface area contributed by atoms with E-state index >= 15 is 0 Å². The summed E-state index contributed by atoms with van der Waals surface area (Å²) in [6.45, 7) is -0.613. The van der Waals surface area contributed by atoms with Gasteiger partial charge in [0.15, 0.2) is 5.69 Å². The largest absolute Gasteiger partial charge is 0.500 e. The first kappa shape index (κ1) is 30.9. The molecule has 0 spiro atoms. The van der Waals surface area contributed by atoms with Crippen molar-refractivity contribution in [3.63, 3.8) is 0 Å². The molecule has 0 atom stereocenters. The number of alkyl halides is 3. The van der Waals surface area contributed by atoms with E-state index in [1.165, 1.54) is 12.3 Å². The number of nitrogens with one attached hydrogen (secondary N) is 3. The van der Waals surface area contributed by atoms with Crippen LogP contribution in [0.1, 0.15) is 32.0 Å². The SMILES string of the molecule is [B]C([B])([B])NC(=O)c1n[nH]c2cc(-c3cnc(OC([B])([B])[B])c(C(=O)NCc4cc(C(F)(F)F)ccc4F)c3)ccc12. The van der Waals surface area contributed by atoms with Crippen LogP contribution in [0, 0.1) is 5.82 Å². The number of pyridine rings is 1. The lowest BCUT2D eigenvalue weighted by molar-refractivity contribution is -0.137. The molecule has 0 unspecified atom stereocenters. The predicted molar refractivity (Wildman–Crippen MR) is 150 cm³/mol. The number of H-pyrrole nitrogens is 1. The van der Waals surface area contributed by atoms with Crippen molar-refractivity contribution < 1.29 is 31.9 Å². The Morgan fingerprint density at radius 1 is 0.929 bits per heavy atom. The Hall–Kier alpha value is -4.09. The topological polar surface area (TPSA) is 109 Å². The average molecular weight is 560 g/mol. The minimum Gasteiger partial charge on any atom is -0.500 e. The summed E-state index contributed by atoms with van der Waals surface area (Å²) in [5.41, 5.74) is -0.635. The molecule has 2 amide bonds. The van der Waals surface area contributed by atoms with E-state index in [4.69, 9.17) is 51.8 Å². The van der Waals surface area contributed by atoms with Gasteiger partial charge in [-0.05, 0) is 47.3 Å². The van der Waals surface area contributed by atoms with E-state index in [1.807, 2.05) is 0 Å². The van der Waals surface area contributed by atoms with Crippen molar-refractivity contribution in [1.29, 1.82) is 0 Å². The highest BCUT2D eigenvalue weighted by Crippen LogP contribution is 2.31. The highest BCUT2D eigenvalue weighted by Gasteiger charge is 2.31. The highest BCUT2D eigenvalue weighted by molar-refractivity contribution is 6.60. The lowest BCUT2D eigenvalue weighted by Gasteiger charge is -2.24. The molecule has 2 aromatic carbocycles. The number of nitrogens with zero attached hydrogens (tertiary/aromatic N) is 2. The first-order chi connectivity index (χ1) is 19.4. The smallest absolute Gasteiger partial charge is 0.416 e. The second kappa shape index (κ2) is 11.3. The van der Waals surface area contributed by atoms with E-state index in [0.717, 1.165) is 0 Å². The standard InChI is InChI=1S/C24H13B6F4N5O3/c25-23(26,27)37-20(41)18-14-3-1-10(7-17(14)38-39-18)11-6-15(21(36-8-11)42-24(28,29)30)19(40)35-9-12-5-13(22(32,33)34)2-4-16(12)31/h1-8H,9H2,(H,35,40)(H,37,41)(H,38,39). The molecule has 0 fully saturated rings. The number of carbonyl (C=O) groups excluding carboxylic acids is 2. The number of ether oxygens (including phenoxy) is 1. The van der Waals surface area contributed by atoms with Crippen molar-refractivity contribution >= 4 is 69.8 Å². The predicted octanol–water partition coefficient (Wildman–Crippen LogP) is 1.06. The number of aromatic amines is 1. The van der Waals surface area contributed by atoms with Crippen molar-refractivity contribution in [1.82, 2.24) is 25.8 Å². The first-order valence-corrected chi connectivity index (χ1v) is 11.8. The fraction of sp³-hybridized carbons (Fsp3) is 0.167. The number of fused-ring (bicyclic) bond motifs is 1. The molecule has 12 radical (unpaired) electrons. The molecule has 0 aliphatic carbocycles. The minimum absolute atomic E-state index is 0.0452. The molecule has 0 saturated heterocycles. The molecule has 2 heterocycles. The number of halogens is 4. The zero-order chi connectivity index (χ0) is 31.0. The van der Waals surface area contributed by atoms with E-state index in [1.54, 1.807) is 18.2 Å². The first-order valence-electron chi connectivity index (χ1n) is 11.8. The monoisotopic (exact) mass is 561 g/mol. The van der Waals surface area contributed by atoms with Gasteiger partial charge >= 0.3 is 6.18 Å². The third kappa shape index (κ3) is 7.40. The van der Waals surface area contributed by atoms with Crippen LogP contribution in [-0.2, 0) is 12.7 Å². The Kier molecular flexibility index (Phi) is 8.30. The number of hydrogen-bond acceptors (Lipinski definition) is 5. The summed E-state index contributed by atoms with van der Waals surface area (Å²) in [4.78, 5) is 29.6. The van der Waals surface area contributed by atoms with Gasteiger partial charge in [-0.1, -0.05) is 11.3 Å². The third-order valence-electron chi connectivity index (χ3n) is 5.62. The normalized spacial score (nSPS) is 12.2. The van der Waals surface area contributed by atoms with Gasteiger partial charge in [0.05, 0.1) is 34.6 Å². The molecular formula is C24H13B6F4N5O3. The van der Waals surface area contributed by atoms with Crippen molar-refractivity contribution in [2.45, 2.75) is 23.3 Å². The Bertz CT molecular complexity index is 1670. The molecule has 0 aliphatic heterocycles. The van der Waals surface area contributed by atoms with Gasteiger partial charge in [-0.25, -0.2) is 9.37 Å². The van der Waals surface area contributed by atoms with E-state index in [9.17, 15) is 27.2 Å². The van der Waals surface area contributed by atoms with E-state index < -0.39 is 57.9 Å². The van der Waals surface area contributed by atoms with Crippen molar-refractivity contribution in [3.8, 4) is 17.0 Å². The molecule has 18 heteroatoms. The number of benzene rings is 2. The van der Waals surface area contributed by atoms with Gasteiger partial charge in [-0.3, -0.25) is 14.7 Å². The van der Waals surface area contributed by atoms with Gasteiger partial charge in [0.25, 0.3) is 11.8 Å². The third-order valence-corrected chi connectivity index (χ3v) is 5.62. The fourth-order valence-electron chi connectivity index (χ4n) is 3.81. The molecule has 2 aromatic heterocycles. The lowest BCUT2D eigenvalue weighted by Crippen LogP contribution is -2.50. The zero-order valence-corrected chi connectivity index (χ0v) is 21.4. The van der Waals surface area contributed by atoms with Crippen LogP contribution in [0.4, 0.5) is 17.6 Å². The molecule has 0 aliphatic rings. The average Bonchev–Trinajstić information content (AvgIpc) is 3.29. The van der Waals surface area contributed by atoms with Gasteiger partial charge in [0.1, 0.15) is 34.9 Å². The van der Waals surface area contributed by atoms with E-state index in [2.05, 4.69) is 25.8 Å². The second-order valence-electron chi connectivity index (χ2n) is 9.24. The van der Waals surface area contributed by atoms with Crippen LogP contribution in [0.25, 0.3) is 22.0 Å². The maximum atomic E-state index is 14.2. The van der Waals surface area contributed by atoms with Crippen molar-refractivity contribution in [2.75, 3.05) is 0 Å². The quantitative estimate of drug-likeness (QED) is 0.221. The Morgan fingerprint density at radius 2 is 1.64 bits per heavy atom. The van der Waals surface area contributed by atoms with Crippen LogP contribution in [-0.4, -0.2) is 84.6 Å². The van der Waals surface area contributed by atoms with Crippen LogP contribution in [0.5, 0.6) is 5.88 Å². The van der Waals surface area contributed by atoms with E-state index in [-0.39, 0.29) is 11.3 Å². The second-order valence-corrected chi connectivity index (χ2v) is 9.24. The summed E-state index contributed by atoms with van der Waals surface area (Å²) in [5.74, 6) is -3.04. The number of amides is 2. The van der Waals surface area contributed by atoms with Crippen LogP contribution < -0.4 is 15.4 Å². The lowest BCUT2D eigenvalue weighted by atomic mass is 9.49. The molecule has 198 valence electrons. The summed E-state index contributed by atoms with van der Waals surface area (Å²) < 4.78 is 58.6. The maximum absolute atomic E-state index is 14.2. The molecule has 42 heavy (non-hydrogen) atoms. The Morgan fingerprint density at radius 3 is 2.29 bits per heavy atom. The summed E-state index contributed by atoms with van der Waals surface area (Å²) in [6.07, 6.45) is -3.43. The minimum atomic E-state index is -4.72. The molecule has 3 N–H and O–H groups in total. The van der Waals surface area contributed by atoms with Crippen LogP contribution in [0.2, 0.25) is 0 Å². The summed E-state index contributed by atoms with van der Waals surface area (Å²) in [7, 11) is 32.7. The van der Waals surface area contributed by atoms with Crippen LogP contribution in [0.3, 0.4) is 0 Å². The van der Waals surface area contributed by atoms with Gasteiger partial charge in [0, 0.05) is 29.3 Å². The van der Waals surface area contributed by atoms with E-state index in [0.29, 0.717) is 40.2 Å². The number of aromatic nitrogens is 3. The Labute approximate surface area is 244 Å². The van der Waals surface area contributed by atoms with Crippen molar-refractivity contribution in [3.05, 3.63) is 76.9 Å². The number of hydrogen-bond donors (Lipinski definition) is 3. The summed E-state index contributed by atoms with van der Waals surface area (Å²) in [5, 5.41) is 7.28. The van der Waals surface area contributed by atoms with Crippen molar-refractivity contribution in [2.24, 2.45) is 0 Å². The zero-order valence-electron chi connectivity index (χ0n) is 21.4. The van der Waals surface area contributed by atoms with Crippen LogP contribution in [0.15, 0.2) is 48.7 Å². The molecule has 4 rings (SSSR count). The van der Waals surface area contributed by atoms with Crippen LogP contribution >= 0.6 is 0 Å². The maximum Gasteiger partial charge on any atom is 0.416 e. The Balaban J connectivity index is 1.66.